The summed E-state index contributed by atoms with van der Waals surface area (Å²) in [6.45, 7) is 10.6. The van der Waals surface area contributed by atoms with E-state index in [1.54, 1.807) is 0 Å². The van der Waals surface area contributed by atoms with Crippen LogP contribution in [0.15, 0.2) is 24.3 Å². The first-order chi connectivity index (χ1) is 9.74. The van der Waals surface area contributed by atoms with Crippen LogP contribution in [0.3, 0.4) is 0 Å². The van der Waals surface area contributed by atoms with Gasteiger partial charge in [0.2, 0.25) is 0 Å². The number of rotatable bonds is 10. The van der Waals surface area contributed by atoms with Crippen molar-refractivity contribution in [2.24, 2.45) is 5.92 Å². The molecule has 0 aliphatic carbocycles. The van der Waals surface area contributed by atoms with Crippen LogP contribution in [-0.4, -0.2) is 13.2 Å². The molecule has 1 unspecified atom stereocenters. The van der Waals surface area contributed by atoms with E-state index in [1.165, 1.54) is 31.2 Å². The molecule has 0 amide bonds. The van der Waals surface area contributed by atoms with Crippen LogP contribution in [0.5, 0.6) is 5.75 Å². The Balaban J connectivity index is 2.74. The highest BCUT2D eigenvalue weighted by Gasteiger charge is 2.15. The molecule has 1 N–H and O–H groups in total. The predicted molar refractivity (Wildman–Crippen MR) is 87.3 cm³/mol. The van der Waals surface area contributed by atoms with E-state index in [-0.39, 0.29) is 0 Å². The van der Waals surface area contributed by atoms with E-state index in [1.807, 2.05) is 6.92 Å². The number of nitrogens with one attached hydrogen (secondary N) is 1. The van der Waals surface area contributed by atoms with Crippen molar-refractivity contribution >= 4 is 0 Å². The molecule has 0 aromatic heterocycles. The minimum Gasteiger partial charge on any atom is -0.494 e. The van der Waals surface area contributed by atoms with Gasteiger partial charge in [-0.1, -0.05) is 45.7 Å². The fourth-order valence-corrected chi connectivity index (χ4v) is 2.57. The van der Waals surface area contributed by atoms with Gasteiger partial charge in [0.1, 0.15) is 5.75 Å². The summed E-state index contributed by atoms with van der Waals surface area (Å²) < 4.78 is 5.52. The van der Waals surface area contributed by atoms with Crippen LogP contribution in [0.2, 0.25) is 0 Å². The zero-order valence-corrected chi connectivity index (χ0v) is 13.6. The van der Waals surface area contributed by atoms with Gasteiger partial charge in [0.25, 0.3) is 0 Å². The van der Waals surface area contributed by atoms with E-state index in [4.69, 9.17) is 4.74 Å². The van der Waals surface area contributed by atoms with Gasteiger partial charge in [0.05, 0.1) is 6.61 Å². The van der Waals surface area contributed by atoms with Crippen molar-refractivity contribution in [1.29, 1.82) is 0 Å². The summed E-state index contributed by atoms with van der Waals surface area (Å²) in [4.78, 5) is 0. The van der Waals surface area contributed by atoms with Gasteiger partial charge in [-0.25, -0.2) is 0 Å². The third kappa shape index (κ3) is 5.54. The monoisotopic (exact) mass is 277 g/mol. The third-order valence-corrected chi connectivity index (χ3v) is 3.96. The van der Waals surface area contributed by atoms with Crippen molar-refractivity contribution in [3.63, 3.8) is 0 Å². The molecule has 1 aromatic rings. The summed E-state index contributed by atoms with van der Waals surface area (Å²) in [6.07, 6.45) is 4.92. The lowest BCUT2D eigenvalue weighted by Crippen LogP contribution is -2.24. The van der Waals surface area contributed by atoms with Crippen molar-refractivity contribution in [3.8, 4) is 5.75 Å². The molecule has 2 heteroatoms. The second-order valence-electron chi connectivity index (χ2n) is 5.43. The van der Waals surface area contributed by atoms with Gasteiger partial charge in [0, 0.05) is 6.04 Å². The largest absolute Gasteiger partial charge is 0.494 e. The van der Waals surface area contributed by atoms with E-state index in [0.717, 1.165) is 24.8 Å². The minimum absolute atomic E-state index is 0.468. The first kappa shape index (κ1) is 17.0. The number of hydrogen-bond acceptors (Lipinski definition) is 2. The highest BCUT2D eigenvalue weighted by molar-refractivity contribution is 5.29. The summed E-state index contributed by atoms with van der Waals surface area (Å²) in [7, 11) is 0. The van der Waals surface area contributed by atoms with Crippen LogP contribution >= 0.6 is 0 Å². The average Bonchev–Trinajstić information content (AvgIpc) is 2.49. The smallest absolute Gasteiger partial charge is 0.119 e. The second-order valence-corrected chi connectivity index (χ2v) is 5.43. The normalized spacial score (nSPS) is 12.7. The first-order valence-electron chi connectivity index (χ1n) is 8.21. The zero-order chi connectivity index (χ0) is 14.8. The van der Waals surface area contributed by atoms with Crippen LogP contribution in [0.25, 0.3) is 0 Å². The molecular weight excluding hydrogens is 246 g/mol. The van der Waals surface area contributed by atoms with E-state index in [0.29, 0.717) is 6.04 Å². The van der Waals surface area contributed by atoms with Gasteiger partial charge < -0.3 is 10.1 Å². The SMILES string of the molecule is CCCNC(CC(CC)CC)c1ccc(OCC)cc1. The zero-order valence-electron chi connectivity index (χ0n) is 13.6. The van der Waals surface area contributed by atoms with Gasteiger partial charge in [-0.15, -0.1) is 0 Å². The fraction of sp³-hybridized carbons (Fsp3) is 0.667. The van der Waals surface area contributed by atoms with Crippen molar-refractivity contribution in [2.75, 3.05) is 13.2 Å². The Labute approximate surface area is 124 Å². The van der Waals surface area contributed by atoms with E-state index < -0.39 is 0 Å². The summed E-state index contributed by atoms with van der Waals surface area (Å²) in [6, 6.07) is 9.07. The lowest BCUT2D eigenvalue weighted by molar-refractivity contribution is 0.339. The topological polar surface area (TPSA) is 21.3 Å². The van der Waals surface area contributed by atoms with Crippen LogP contribution in [-0.2, 0) is 0 Å². The molecule has 0 aliphatic heterocycles. The Hall–Kier alpha value is -1.02. The minimum atomic E-state index is 0.468. The molecule has 1 aromatic carbocycles. The Morgan fingerprint density at radius 1 is 1.00 bits per heavy atom. The molecule has 20 heavy (non-hydrogen) atoms. The molecule has 114 valence electrons. The van der Waals surface area contributed by atoms with E-state index in [2.05, 4.69) is 50.4 Å². The average molecular weight is 277 g/mol. The Kier molecular flexibility index (Phi) is 8.36. The lowest BCUT2D eigenvalue weighted by atomic mass is 9.91. The summed E-state index contributed by atoms with van der Waals surface area (Å²) in [5.41, 5.74) is 1.38. The number of ether oxygens (including phenoxy) is 1. The van der Waals surface area contributed by atoms with Crippen LogP contribution in [0.4, 0.5) is 0 Å². The molecule has 0 aliphatic rings. The summed E-state index contributed by atoms with van der Waals surface area (Å²) >= 11 is 0. The van der Waals surface area contributed by atoms with Crippen molar-refractivity contribution in [1.82, 2.24) is 5.32 Å². The van der Waals surface area contributed by atoms with Crippen molar-refractivity contribution in [3.05, 3.63) is 29.8 Å². The molecule has 1 rings (SSSR count). The van der Waals surface area contributed by atoms with Crippen molar-refractivity contribution < 1.29 is 4.74 Å². The summed E-state index contributed by atoms with van der Waals surface area (Å²) in [5, 5.41) is 3.70. The summed E-state index contributed by atoms with van der Waals surface area (Å²) in [5.74, 6) is 1.77. The molecule has 1 atom stereocenters. The highest BCUT2D eigenvalue weighted by Crippen LogP contribution is 2.26. The molecule has 0 radical (unpaired) electrons. The maximum Gasteiger partial charge on any atom is 0.119 e. The van der Waals surface area contributed by atoms with Gasteiger partial charge in [-0.3, -0.25) is 0 Å². The molecule has 0 spiro atoms. The van der Waals surface area contributed by atoms with Crippen molar-refractivity contribution in [2.45, 2.75) is 59.4 Å². The molecule has 0 bridgehead atoms. The molecule has 2 nitrogen and oxygen atoms in total. The van der Waals surface area contributed by atoms with Gasteiger partial charge >= 0.3 is 0 Å². The third-order valence-electron chi connectivity index (χ3n) is 3.96. The Morgan fingerprint density at radius 2 is 1.65 bits per heavy atom. The standard InChI is InChI=1S/C18H31NO/c1-5-13-19-18(14-15(6-2)7-3)16-9-11-17(12-10-16)20-8-4/h9-12,15,18-19H,5-8,13-14H2,1-4H3. The van der Waals surface area contributed by atoms with Crippen LogP contribution in [0, 0.1) is 5.92 Å². The van der Waals surface area contributed by atoms with E-state index in [9.17, 15) is 0 Å². The van der Waals surface area contributed by atoms with Gasteiger partial charge in [0.15, 0.2) is 0 Å². The number of benzene rings is 1. The molecular formula is C18H31NO. The van der Waals surface area contributed by atoms with E-state index >= 15 is 0 Å². The molecule has 0 fully saturated rings. The molecule has 0 heterocycles. The van der Waals surface area contributed by atoms with Crippen LogP contribution in [0.1, 0.15) is 65.0 Å². The predicted octanol–water partition coefficient (Wildman–Crippen LogP) is 4.95. The maximum atomic E-state index is 5.52. The van der Waals surface area contributed by atoms with Crippen LogP contribution < -0.4 is 10.1 Å². The van der Waals surface area contributed by atoms with Gasteiger partial charge in [-0.05, 0) is 49.9 Å². The quantitative estimate of drug-likeness (QED) is 0.653. The van der Waals surface area contributed by atoms with Gasteiger partial charge in [-0.2, -0.15) is 0 Å². The first-order valence-corrected chi connectivity index (χ1v) is 8.21. The second kappa shape index (κ2) is 9.82. The Morgan fingerprint density at radius 3 is 2.15 bits per heavy atom. The highest BCUT2D eigenvalue weighted by atomic mass is 16.5. The number of hydrogen-bond donors (Lipinski definition) is 1. The molecule has 0 saturated heterocycles. The Bertz CT molecular complexity index is 343. The molecule has 0 saturated carbocycles. The lowest BCUT2D eigenvalue weighted by Gasteiger charge is -2.24. The maximum absolute atomic E-state index is 5.52. The fourth-order valence-electron chi connectivity index (χ4n) is 2.57.